The molecule has 21 heavy (non-hydrogen) atoms. The Kier molecular flexibility index (Phi) is 4.57. The molecule has 1 aliphatic rings. The predicted octanol–water partition coefficient (Wildman–Crippen LogP) is 1.54. The average Bonchev–Trinajstić information content (AvgIpc) is 2.44. The highest BCUT2D eigenvalue weighted by atomic mass is 16.5. The van der Waals surface area contributed by atoms with Crippen LogP contribution in [0, 0.1) is 0 Å². The number of nitrogens with zero attached hydrogens (tertiary/aromatic N) is 1. The molecule has 1 heterocycles. The van der Waals surface area contributed by atoms with Crippen LogP contribution in [0.3, 0.4) is 0 Å². The SMILES string of the molecule is COc1cc(C(=O)N2CC(C)OC(C)C2)cc(N)c1OC. The third-order valence-corrected chi connectivity index (χ3v) is 3.46. The van der Waals surface area contributed by atoms with Crippen molar-refractivity contribution in [3.63, 3.8) is 0 Å². The molecule has 0 aromatic heterocycles. The van der Waals surface area contributed by atoms with Crippen LogP contribution in [0.4, 0.5) is 5.69 Å². The molecule has 116 valence electrons. The molecule has 6 heteroatoms. The predicted molar refractivity (Wildman–Crippen MR) is 79.9 cm³/mol. The average molecular weight is 294 g/mol. The molecule has 0 aliphatic carbocycles. The third-order valence-electron chi connectivity index (χ3n) is 3.46. The second-order valence-electron chi connectivity index (χ2n) is 5.27. The Hall–Kier alpha value is -1.95. The van der Waals surface area contributed by atoms with Gasteiger partial charge in [0, 0.05) is 18.7 Å². The number of hydrogen-bond acceptors (Lipinski definition) is 5. The molecule has 0 saturated carbocycles. The number of nitrogens with two attached hydrogens (primary N) is 1. The second kappa shape index (κ2) is 6.22. The molecule has 0 radical (unpaired) electrons. The minimum Gasteiger partial charge on any atom is -0.493 e. The van der Waals surface area contributed by atoms with Gasteiger partial charge >= 0.3 is 0 Å². The number of ether oxygens (including phenoxy) is 3. The van der Waals surface area contributed by atoms with E-state index in [4.69, 9.17) is 19.9 Å². The van der Waals surface area contributed by atoms with E-state index in [1.54, 1.807) is 17.0 Å². The van der Waals surface area contributed by atoms with Gasteiger partial charge < -0.3 is 24.8 Å². The van der Waals surface area contributed by atoms with Gasteiger partial charge in [-0.25, -0.2) is 0 Å². The highest BCUT2D eigenvalue weighted by molar-refractivity contribution is 5.96. The molecule has 0 bridgehead atoms. The van der Waals surface area contributed by atoms with Crippen molar-refractivity contribution in [3.05, 3.63) is 17.7 Å². The maximum Gasteiger partial charge on any atom is 0.254 e. The van der Waals surface area contributed by atoms with Gasteiger partial charge in [-0.2, -0.15) is 0 Å². The summed E-state index contributed by atoms with van der Waals surface area (Å²) in [4.78, 5) is 14.4. The summed E-state index contributed by atoms with van der Waals surface area (Å²) in [6.45, 7) is 5.05. The Bertz CT molecular complexity index is 523. The number of amides is 1. The summed E-state index contributed by atoms with van der Waals surface area (Å²) in [5.41, 5.74) is 6.81. The van der Waals surface area contributed by atoms with Crippen LogP contribution < -0.4 is 15.2 Å². The molecule has 1 aromatic rings. The van der Waals surface area contributed by atoms with E-state index in [0.29, 0.717) is 35.8 Å². The van der Waals surface area contributed by atoms with Crippen LogP contribution in [-0.4, -0.2) is 50.3 Å². The van der Waals surface area contributed by atoms with E-state index in [1.165, 1.54) is 14.2 Å². The summed E-state index contributed by atoms with van der Waals surface area (Å²) in [6.07, 6.45) is 0.0466. The number of hydrogen-bond donors (Lipinski definition) is 1. The topological polar surface area (TPSA) is 74.0 Å². The summed E-state index contributed by atoms with van der Waals surface area (Å²) in [7, 11) is 3.03. The number of morpholine rings is 1. The van der Waals surface area contributed by atoms with Gasteiger partial charge in [-0.05, 0) is 26.0 Å². The lowest BCUT2D eigenvalue weighted by molar-refractivity contribution is -0.0586. The normalized spacial score (nSPS) is 22.0. The van der Waals surface area contributed by atoms with Crippen LogP contribution >= 0.6 is 0 Å². The van der Waals surface area contributed by atoms with Crippen molar-refractivity contribution in [2.75, 3.05) is 33.0 Å². The number of anilines is 1. The van der Waals surface area contributed by atoms with Crippen molar-refractivity contribution in [2.45, 2.75) is 26.1 Å². The Morgan fingerprint density at radius 2 is 1.86 bits per heavy atom. The number of benzene rings is 1. The molecular weight excluding hydrogens is 272 g/mol. The van der Waals surface area contributed by atoms with E-state index < -0.39 is 0 Å². The highest BCUT2D eigenvalue weighted by Crippen LogP contribution is 2.35. The lowest BCUT2D eigenvalue weighted by Gasteiger charge is -2.35. The van der Waals surface area contributed by atoms with E-state index in [9.17, 15) is 4.79 Å². The van der Waals surface area contributed by atoms with E-state index in [2.05, 4.69) is 0 Å². The minimum atomic E-state index is -0.0790. The number of nitrogen functional groups attached to an aromatic ring is 1. The quantitative estimate of drug-likeness (QED) is 0.856. The largest absolute Gasteiger partial charge is 0.493 e. The fourth-order valence-corrected chi connectivity index (χ4v) is 2.64. The number of rotatable bonds is 3. The molecule has 1 aromatic carbocycles. The zero-order chi connectivity index (χ0) is 15.6. The van der Waals surface area contributed by atoms with Gasteiger partial charge in [-0.3, -0.25) is 4.79 Å². The second-order valence-corrected chi connectivity index (χ2v) is 5.27. The van der Waals surface area contributed by atoms with Gasteiger partial charge in [0.2, 0.25) is 0 Å². The van der Waals surface area contributed by atoms with Crippen molar-refractivity contribution >= 4 is 11.6 Å². The molecule has 6 nitrogen and oxygen atoms in total. The summed E-state index contributed by atoms with van der Waals surface area (Å²) >= 11 is 0. The first-order valence-corrected chi connectivity index (χ1v) is 6.92. The van der Waals surface area contributed by atoms with Gasteiger partial charge in [-0.15, -0.1) is 0 Å². The number of carbonyl (C=O) groups is 1. The highest BCUT2D eigenvalue weighted by Gasteiger charge is 2.27. The van der Waals surface area contributed by atoms with Crippen molar-refractivity contribution < 1.29 is 19.0 Å². The van der Waals surface area contributed by atoms with E-state index in [0.717, 1.165) is 0 Å². The molecule has 1 amide bonds. The van der Waals surface area contributed by atoms with Gasteiger partial charge in [-0.1, -0.05) is 0 Å². The standard InChI is InChI=1S/C15H22N2O4/c1-9-7-17(8-10(2)21-9)15(18)11-5-12(16)14(20-4)13(6-11)19-3/h5-6,9-10H,7-8,16H2,1-4H3. The molecule has 2 rings (SSSR count). The van der Waals surface area contributed by atoms with Crippen LogP contribution in [0.15, 0.2) is 12.1 Å². The smallest absolute Gasteiger partial charge is 0.254 e. The van der Waals surface area contributed by atoms with Crippen LogP contribution in [0.2, 0.25) is 0 Å². The van der Waals surface area contributed by atoms with Gasteiger partial charge in [0.15, 0.2) is 11.5 Å². The van der Waals surface area contributed by atoms with Crippen LogP contribution in [-0.2, 0) is 4.74 Å². The minimum absolute atomic E-state index is 0.0233. The molecule has 0 spiro atoms. The molecular formula is C15H22N2O4. The Balaban J connectivity index is 2.29. The lowest BCUT2D eigenvalue weighted by atomic mass is 10.1. The Morgan fingerprint density at radius 1 is 1.24 bits per heavy atom. The molecule has 2 N–H and O–H groups in total. The van der Waals surface area contributed by atoms with Crippen LogP contribution in [0.5, 0.6) is 11.5 Å². The van der Waals surface area contributed by atoms with Crippen LogP contribution in [0.25, 0.3) is 0 Å². The zero-order valence-electron chi connectivity index (χ0n) is 12.9. The van der Waals surface area contributed by atoms with Crippen molar-refractivity contribution in [1.82, 2.24) is 4.90 Å². The first kappa shape index (κ1) is 15.4. The summed E-state index contributed by atoms with van der Waals surface area (Å²) in [5.74, 6) is 0.817. The molecule has 1 saturated heterocycles. The zero-order valence-corrected chi connectivity index (χ0v) is 12.9. The van der Waals surface area contributed by atoms with Crippen LogP contribution in [0.1, 0.15) is 24.2 Å². The maximum absolute atomic E-state index is 12.6. The molecule has 1 aliphatic heterocycles. The third kappa shape index (κ3) is 3.21. The van der Waals surface area contributed by atoms with E-state index >= 15 is 0 Å². The number of methoxy groups -OCH3 is 2. The van der Waals surface area contributed by atoms with Gasteiger partial charge in [0.25, 0.3) is 5.91 Å². The van der Waals surface area contributed by atoms with Crippen molar-refractivity contribution in [2.24, 2.45) is 0 Å². The molecule has 2 unspecified atom stereocenters. The summed E-state index contributed by atoms with van der Waals surface area (Å²) < 4.78 is 16.1. The first-order chi connectivity index (χ1) is 9.96. The Labute approximate surface area is 124 Å². The molecule has 2 atom stereocenters. The number of carbonyl (C=O) groups excluding carboxylic acids is 1. The Morgan fingerprint density at radius 3 is 2.38 bits per heavy atom. The maximum atomic E-state index is 12.6. The monoisotopic (exact) mass is 294 g/mol. The lowest BCUT2D eigenvalue weighted by Crippen LogP contribution is -2.48. The van der Waals surface area contributed by atoms with E-state index in [-0.39, 0.29) is 18.1 Å². The molecule has 1 fully saturated rings. The van der Waals surface area contributed by atoms with Crippen molar-refractivity contribution in [1.29, 1.82) is 0 Å². The summed E-state index contributed by atoms with van der Waals surface area (Å²) in [5, 5.41) is 0. The summed E-state index contributed by atoms with van der Waals surface area (Å²) in [6, 6.07) is 3.27. The van der Waals surface area contributed by atoms with Gasteiger partial charge in [0.1, 0.15) is 0 Å². The van der Waals surface area contributed by atoms with Crippen molar-refractivity contribution in [3.8, 4) is 11.5 Å². The fraction of sp³-hybridized carbons (Fsp3) is 0.533. The van der Waals surface area contributed by atoms with E-state index in [1.807, 2.05) is 13.8 Å². The fourth-order valence-electron chi connectivity index (χ4n) is 2.64. The van der Waals surface area contributed by atoms with Gasteiger partial charge in [0.05, 0.1) is 32.1 Å². The first-order valence-electron chi connectivity index (χ1n) is 6.92.